The Bertz CT molecular complexity index is 1650. The lowest BCUT2D eigenvalue weighted by Gasteiger charge is -2.37. The number of pyridine rings is 1. The Labute approximate surface area is 240 Å². The van der Waals surface area contributed by atoms with Crippen molar-refractivity contribution in [3.63, 3.8) is 0 Å². The van der Waals surface area contributed by atoms with Gasteiger partial charge in [-0.3, -0.25) is 9.59 Å². The van der Waals surface area contributed by atoms with Crippen molar-refractivity contribution in [1.29, 1.82) is 0 Å². The van der Waals surface area contributed by atoms with Crippen molar-refractivity contribution in [1.82, 2.24) is 9.47 Å². The van der Waals surface area contributed by atoms with Crippen molar-refractivity contribution in [2.24, 2.45) is 0 Å². The summed E-state index contributed by atoms with van der Waals surface area (Å²) in [5, 5.41) is 1.38. The van der Waals surface area contributed by atoms with Gasteiger partial charge in [-0.25, -0.2) is 9.18 Å². The van der Waals surface area contributed by atoms with Gasteiger partial charge in [-0.1, -0.05) is 53.5 Å². The van der Waals surface area contributed by atoms with Gasteiger partial charge in [-0.2, -0.15) is 0 Å². The lowest BCUT2D eigenvalue weighted by atomic mass is 10.0. The number of anilines is 1. The Kier molecular flexibility index (Phi) is 8.09. The van der Waals surface area contributed by atoms with E-state index in [0.717, 1.165) is 0 Å². The largest absolute Gasteiger partial charge is 0.462 e. The minimum atomic E-state index is -0.713. The number of nitrogens with zero attached hydrogens (tertiary/aromatic N) is 3. The van der Waals surface area contributed by atoms with Crippen molar-refractivity contribution < 1.29 is 18.7 Å². The van der Waals surface area contributed by atoms with Crippen molar-refractivity contribution in [2.45, 2.75) is 13.5 Å². The van der Waals surface area contributed by atoms with E-state index in [4.69, 9.17) is 27.9 Å². The summed E-state index contributed by atoms with van der Waals surface area (Å²) in [4.78, 5) is 44.0. The van der Waals surface area contributed by atoms with Crippen LogP contribution in [-0.2, 0) is 11.3 Å². The van der Waals surface area contributed by atoms with Crippen LogP contribution in [0.1, 0.15) is 33.2 Å². The molecule has 0 saturated carbocycles. The fourth-order valence-corrected chi connectivity index (χ4v) is 5.28. The summed E-state index contributed by atoms with van der Waals surface area (Å²) < 4.78 is 20.4. The van der Waals surface area contributed by atoms with Gasteiger partial charge in [0.05, 0.1) is 34.4 Å². The molecule has 5 rings (SSSR count). The molecule has 4 aromatic rings. The highest BCUT2D eigenvalue weighted by Gasteiger charge is 2.30. The summed E-state index contributed by atoms with van der Waals surface area (Å²) in [7, 11) is 0. The van der Waals surface area contributed by atoms with Gasteiger partial charge in [0, 0.05) is 37.1 Å². The first-order valence-corrected chi connectivity index (χ1v) is 13.6. The van der Waals surface area contributed by atoms with E-state index in [9.17, 15) is 18.8 Å². The van der Waals surface area contributed by atoms with Crippen LogP contribution in [0.3, 0.4) is 0 Å². The number of piperazine rings is 1. The van der Waals surface area contributed by atoms with Crippen molar-refractivity contribution in [2.75, 3.05) is 37.7 Å². The van der Waals surface area contributed by atoms with Crippen LogP contribution >= 0.6 is 23.2 Å². The average Bonchev–Trinajstić information content (AvgIpc) is 2.96. The van der Waals surface area contributed by atoms with Gasteiger partial charge in [0.15, 0.2) is 0 Å². The molecule has 0 unspecified atom stereocenters. The number of halogens is 3. The van der Waals surface area contributed by atoms with E-state index in [1.165, 1.54) is 16.7 Å². The Morgan fingerprint density at radius 3 is 2.30 bits per heavy atom. The van der Waals surface area contributed by atoms with Crippen LogP contribution in [-0.4, -0.2) is 54.1 Å². The van der Waals surface area contributed by atoms with Gasteiger partial charge >= 0.3 is 5.97 Å². The van der Waals surface area contributed by atoms with Gasteiger partial charge in [-0.05, 0) is 48.9 Å². The smallest absolute Gasteiger partial charge is 0.345 e. The number of esters is 1. The summed E-state index contributed by atoms with van der Waals surface area (Å²) in [5.41, 5.74) is 1.71. The van der Waals surface area contributed by atoms with Crippen LogP contribution in [0.2, 0.25) is 10.0 Å². The van der Waals surface area contributed by atoms with E-state index in [1.54, 1.807) is 42.2 Å². The van der Waals surface area contributed by atoms with Gasteiger partial charge < -0.3 is 19.1 Å². The topological polar surface area (TPSA) is 71.8 Å². The highest BCUT2D eigenvalue weighted by molar-refractivity contribution is 6.42. The molecule has 10 heteroatoms. The molecule has 0 spiro atoms. The highest BCUT2D eigenvalue weighted by atomic mass is 35.5. The molecule has 0 aliphatic carbocycles. The fourth-order valence-electron chi connectivity index (χ4n) is 4.98. The summed E-state index contributed by atoms with van der Waals surface area (Å²) in [6.07, 6.45) is 0. The van der Waals surface area contributed by atoms with Crippen LogP contribution in [0, 0.1) is 5.82 Å². The van der Waals surface area contributed by atoms with E-state index < -0.39 is 11.5 Å². The number of hydrogen-bond donors (Lipinski definition) is 0. The molecular formula is C30H26Cl2FN3O4. The van der Waals surface area contributed by atoms with Crippen molar-refractivity contribution in [3.05, 3.63) is 110 Å². The third kappa shape index (κ3) is 5.42. The SMILES string of the molecule is CCOC(=O)c1c(N2CCN(C(=O)c3ccc(Cl)c(Cl)c3)CC2)c2ccccc2n(Cc2ccc(F)cc2)c1=O. The van der Waals surface area contributed by atoms with E-state index >= 15 is 0 Å². The molecule has 1 aliphatic rings. The molecule has 0 atom stereocenters. The normalized spacial score (nSPS) is 13.5. The Hall–Kier alpha value is -3.88. The third-order valence-corrected chi connectivity index (χ3v) is 7.67. The first-order valence-electron chi connectivity index (χ1n) is 12.8. The number of aromatic nitrogens is 1. The molecule has 1 saturated heterocycles. The predicted octanol–water partition coefficient (Wildman–Crippen LogP) is 5.63. The average molecular weight is 582 g/mol. The quantitative estimate of drug-likeness (QED) is 0.276. The molecule has 0 bridgehead atoms. The monoisotopic (exact) mass is 581 g/mol. The molecule has 0 radical (unpaired) electrons. The van der Waals surface area contributed by atoms with Crippen LogP contribution in [0.5, 0.6) is 0 Å². The maximum absolute atomic E-state index is 13.9. The molecule has 3 aromatic carbocycles. The van der Waals surface area contributed by atoms with E-state index in [2.05, 4.69) is 0 Å². The van der Waals surface area contributed by atoms with Crippen LogP contribution in [0.25, 0.3) is 10.9 Å². The highest BCUT2D eigenvalue weighted by Crippen LogP contribution is 2.31. The number of rotatable bonds is 6. The van der Waals surface area contributed by atoms with Crippen LogP contribution in [0.15, 0.2) is 71.5 Å². The molecule has 1 aliphatic heterocycles. The predicted molar refractivity (Wildman–Crippen MR) is 154 cm³/mol. The summed E-state index contributed by atoms with van der Waals surface area (Å²) >= 11 is 12.1. The number of fused-ring (bicyclic) bond motifs is 1. The molecular weight excluding hydrogens is 556 g/mol. The third-order valence-electron chi connectivity index (χ3n) is 6.93. The maximum Gasteiger partial charge on any atom is 0.345 e. The second-order valence-electron chi connectivity index (χ2n) is 9.39. The maximum atomic E-state index is 13.9. The molecule has 40 heavy (non-hydrogen) atoms. The number of hydrogen-bond acceptors (Lipinski definition) is 5. The number of carbonyl (C=O) groups is 2. The Morgan fingerprint density at radius 2 is 1.62 bits per heavy atom. The zero-order valence-corrected chi connectivity index (χ0v) is 23.2. The zero-order valence-electron chi connectivity index (χ0n) is 21.7. The Morgan fingerprint density at radius 1 is 0.925 bits per heavy atom. The fraction of sp³-hybridized carbons (Fsp3) is 0.233. The molecule has 7 nitrogen and oxygen atoms in total. The molecule has 0 N–H and O–H groups in total. The van der Waals surface area contributed by atoms with Gasteiger partial charge in [0.1, 0.15) is 11.4 Å². The number of benzene rings is 3. The van der Waals surface area contributed by atoms with Crippen LogP contribution in [0.4, 0.5) is 10.1 Å². The number of ether oxygens (including phenoxy) is 1. The second-order valence-corrected chi connectivity index (χ2v) is 10.2. The molecule has 2 heterocycles. The first-order chi connectivity index (χ1) is 19.3. The second kappa shape index (κ2) is 11.7. The number of para-hydroxylation sites is 1. The lowest BCUT2D eigenvalue weighted by Crippen LogP contribution is -2.49. The van der Waals surface area contributed by atoms with Crippen molar-refractivity contribution in [3.8, 4) is 0 Å². The summed E-state index contributed by atoms with van der Waals surface area (Å²) in [6.45, 7) is 3.47. The first kappa shape index (κ1) is 27.7. The van der Waals surface area contributed by atoms with Crippen LogP contribution < -0.4 is 10.5 Å². The number of amides is 1. The van der Waals surface area contributed by atoms with Gasteiger partial charge in [-0.15, -0.1) is 0 Å². The summed E-state index contributed by atoms with van der Waals surface area (Å²) in [5.74, 6) is -1.26. The van der Waals surface area contributed by atoms with Gasteiger partial charge in [0.2, 0.25) is 0 Å². The standard InChI is InChI=1S/C30H26Cl2FN3O4/c1-2-40-30(39)26-27(34-13-15-35(16-14-34)28(37)20-9-12-23(31)24(32)17-20)22-5-3-4-6-25(22)36(29(26)38)18-19-7-10-21(33)11-8-19/h3-12,17H,2,13-16,18H2,1H3. The van der Waals surface area contributed by atoms with Crippen molar-refractivity contribution >= 4 is 51.7 Å². The molecule has 1 amide bonds. The number of carbonyl (C=O) groups excluding carboxylic acids is 2. The zero-order chi connectivity index (χ0) is 28.4. The summed E-state index contributed by atoms with van der Waals surface area (Å²) in [6, 6.07) is 18.0. The van der Waals surface area contributed by atoms with Gasteiger partial charge in [0.25, 0.3) is 11.5 Å². The lowest BCUT2D eigenvalue weighted by molar-refractivity contribution is 0.0523. The van der Waals surface area contributed by atoms with E-state index in [1.807, 2.05) is 29.2 Å². The Balaban J connectivity index is 1.53. The molecule has 1 aromatic heterocycles. The molecule has 1 fully saturated rings. The minimum Gasteiger partial charge on any atom is -0.462 e. The minimum absolute atomic E-state index is 0.0630. The van der Waals surface area contributed by atoms with E-state index in [-0.39, 0.29) is 30.4 Å². The molecule has 206 valence electrons. The van der Waals surface area contributed by atoms with E-state index in [0.29, 0.717) is 63.9 Å².